The molecule has 2 saturated heterocycles. The van der Waals surface area contributed by atoms with Crippen LogP contribution in [0.3, 0.4) is 0 Å². The number of hydrogen-bond donors (Lipinski definition) is 8. The zero-order valence-electron chi connectivity index (χ0n) is 12.0. The molecule has 0 aromatic rings. The first-order valence-corrected chi connectivity index (χ1v) is 7.08. The van der Waals surface area contributed by atoms with Crippen LogP contribution in [-0.4, -0.2) is 115 Å². The maximum atomic E-state index is 9.94. The summed E-state index contributed by atoms with van der Waals surface area (Å²) >= 11 is 0. The third-order valence-corrected chi connectivity index (χ3v) is 3.98. The van der Waals surface area contributed by atoms with Gasteiger partial charge in [0.2, 0.25) is 0 Å². The molecule has 0 amide bonds. The molecule has 2 aliphatic heterocycles. The monoisotopic (exact) mass is 342 g/mol. The normalized spacial score (nSPS) is 51.7. The molecule has 2 fully saturated rings. The molecule has 0 aromatic carbocycles. The van der Waals surface area contributed by atoms with E-state index in [1.54, 1.807) is 0 Å². The Kier molecular flexibility index (Phi) is 6.27. The summed E-state index contributed by atoms with van der Waals surface area (Å²) < 4.78 is 15.3. The summed E-state index contributed by atoms with van der Waals surface area (Å²) in [6.45, 7) is -1.35. The molecule has 0 bridgehead atoms. The maximum Gasteiger partial charge on any atom is 0.187 e. The molecule has 136 valence electrons. The lowest BCUT2D eigenvalue weighted by Gasteiger charge is -2.45. The lowest BCUT2D eigenvalue weighted by molar-refractivity contribution is -0.355. The van der Waals surface area contributed by atoms with Crippen molar-refractivity contribution in [1.29, 1.82) is 0 Å². The number of rotatable bonds is 4. The predicted molar refractivity (Wildman–Crippen MR) is 68.6 cm³/mol. The highest BCUT2D eigenvalue weighted by Gasteiger charge is 2.50. The Morgan fingerprint density at radius 1 is 0.652 bits per heavy atom. The van der Waals surface area contributed by atoms with Gasteiger partial charge < -0.3 is 55.1 Å². The topological polar surface area (TPSA) is 190 Å². The number of hydrogen-bond acceptors (Lipinski definition) is 11. The van der Waals surface area contributed by atoms with Crippen molar-refractivity contribution in [2.24, 2.45) is 0 Å². The van der Waals surface area contributed by atoms with E-state index in [2.05, 4.69) is 0 Å². The molecule has 0 saturated carbocycles. The van der Waals surface area contributed by atoms with Crippen LogP contribution >= 0.6 is 0 Å². The molecule has 0 aliphatic carbocycles. The van der Waals surface area contributed by atoms with E-state index in [4.69, 9.17) is 19.3 Å². The van der Waals surface area contributed by atoms with Gasteiger partial charge in [0.1, 0.15) is 48.8 Å². The van der Waals surface area contributed by atoms with Gasteiger partial charge in [0.25, 0.3) is 0 Å². The number of aliphatic hydroxyl groups excluding tert-OH is 8. The van der Waals surface area contributed by atoms with Gasteiger partial charge in [-0.05, 0) is 0 Å². The van der Waals surface area contributed by atoms with E-state index in [0.29, 0.717) is 0 Å². The van der Waals surface area contributed by atoms with Crippen LogP contribution in [0.5, 0.6) is 0 Å². The second-order valence-corrected chi connectivity index (χ2v) is 5.53. The smallest absolute Gasteiger partial charge is 0.187 e. The summed E-state index contributed by atoms with van der Waals surface area (Å²) in [5.41, 5.74) is 0. The second kappa shape index (κ2) is 7.63. The molecular formula is C12H22O11. The molecule has 11 heteroatoms. The van der Waals surface area contributed by atoms with Crippen LogP contribution in [0.2, 0.25) is 0 Å². The minimum absolute atomic E-state index is 0.667. The van der Waals surface area contributed by atoms with Crippen molar-refractivity contribution in [2.45, 2.75) is 61.4 Å². The summed E-state index contributed by atoms with van der Waals surface area (Å²) in [6, 6.07) is 0. The van der Waals surface area contributed by atoms with Crippen LogP contribution in [0.4, 0.5) is 0 Å². The van der Waals surface area contributed by atoms with E-state index in [1.165, 1.54) is 0 Å². The average Bonchev–Trinajstić information content (AvgIpc) is 2.55. The second-order valence-electron chi connectivity index (χ2n) is 5.53. The van der Waals surface area contributed by atoms with Crippen molar-refractivity contribution in [3.63, 3.8) is 0 Å². The molecule has 2 rings (SSSR count). The highest BCUT2D eigenvalue weighted by Crippen LogP contribution is 2.28. The Morgan fingerprint density at radius 3 is 1.83 bits per heavy atom. The first-order chi connectivity index (χ1) is 10.8. The van der Waals surface area contributed by atoms with E-state index in [1.807, 2.05) is 0 Å². The highest BCUT2D eigenvalue weighted by atomic mass is 16.7. The van der Waals surface area contributed by atoms with E-state index >= 15 is 0 Å². The summed E-state index contributed by atoms with van der Waals surface area (Å²) in [6.07, 6.45) is -15.6. The molecular weight excluding hydrogens is 320 g/mol. The molecule has 10 atom stereocenters. The van der Waals surface area contributed by atoms with Crippen LogP contribution in [-0.2, 0) is 14.2 Å². The Balaban J connectivity index is 2.11. The third-order valence-electron chi connectivity index (χ3n) is 3.98. The van der Waals surface area contributed by atoms with Gasteiger partial charge in [0.15, 0.2) is 12.6 Å². The molecule has 8 N–H and O–H groups in total. The minimum Gasteiger partial charge on any atom is -0.394 e. The molecule has 0 aromatic heterocycles. The standard InChI is InChI=1S/C12H22O11/c13-1-3-5(15)6(16)9(19)12(22-3)23-10-4(2-14)21-11(20)8(18)7(10)17/h3-20H,1-2H2/t3-,4-,5+,6+,7-,8-,9-,10+,11+,12?/m0/s1. The maximum absolute atomic E-state index is 9.94. The third kappa shape index (κ3) is 3.65. The van der Waals surface area contributed by atoms with Gasteiger partial charge >= 0.3 is 0 Å². The summed E-state index contributed by atoms with van der Waals surface area (Å²) in [5, 5.41) is 76.5. The van der Waals surface area contributed by atoms with Crippen LogP contribution < -0.4 is 0 Å². The van der Waals surface area contributed by atoms with Crippen molar-refractivity contribution >= 4 is 0 Å². The number of ether oxygens (including phenoxy) is 3. The quantitative estimate of drug-likeness (QED) is 0.243. The van der Waals surface area contributed by atoms with Crippen LogP contribution in [0.1, 0.15) is 0 Å². The van der Waals surface area contributed by atoms with Gasteiger partial charge in [0, 0.05) is 0 Å². The molecule has 1 unspecified atom stereocenters. The highest BCUT2D eigenvalue weighted by molar-refractivity contribution is 4.93. The Hall–Kier alpha value is -0.440. The van der Waals surface area contributed by atoms with Crippen LogP contribution in [0.15, 0.2) is 0 Å². The fourth-order valence-electron chi connectivity index (χ4n) is 2.57. The van der Waals surface area contributed by atoms with Crippen molar-refractivity contribution in [2.75, 3.05) is 13.2 Å². The Bertz CT molecular complexity index is 378. The van der Waals surface area contributed by atoms with Gasteiger partial charge in [-0.1, -0.05) is 0 Å². The van der Waals surface area contributed by atoms with E-state index < -0.39 is 74.6 Å². The molecule has 0 spiro atoms. The van der Waals surface area contributed by atoms with E-state index in [9.17, 15) is 35.7 Å². The van der Waals surface area contributed by atoms with Crippen molar-refractivity contribution in [1.82, 2.24) is 0 Å². The van der Waals surface area contributed by atoms with Gasteiger partial charge in [-0.2, -0.15) is 0 Å². The zero-order valence-corrected chi connectivity index (χ0v) is 12.0. The van der Waals surface area contributed by atoms with Gasteiger partial charge in [-0.15, -0.1) is 0 Å². The molecule has 2 heterocycles. The average molecular weight is 342 g/mol. The SMILES string of the molecule is OC[C@@H]1OC(O[C@H]2[C@@H](O)[C@H](O)[C@H](O)O[C@H]2CO)[C@@H](O)[C@H](O)[C@@H]1O. The largest absolute Gasteiger partial charge is 0.394 e. The van der Waals surface area contributed by atoms with Crippen molar-refractivity contribution in [3.05, 3.63) is 0 Å². The van der Waals surface area contributed by atoms with E-state index in [0.717, 1.165) is 0 Å². The van der Waals surface area contributed by atoms with Gasteiger partial charge in [-0.3, -0.25) is 0 Å². The zero-order chi connectivity index (χ0) is 17.3. The molecule has 2 aliphatic rings. The summed E-state index contributed by atoms with van der Waals surface area (Å²) in [5.74, 6) is 0. The van der Waals surface area contributed by atoms with Crippen LogP contribution in [0.25, 0.3) is 0 Å². The van der Waals surface area contributed by atoms with Gasteiger partial charge in [0.05, 0.1) is 13.2 Å². The lowest BCUT2D eigenvalue weighted by Crippen LogP contribution is -2.64. The fraction of sp³-hybridized carbons (Fsp3) is 1.00. The van der Waals surface area contributed by atoms with Crippen molar-refractivity contribution in [3.8, 4) is 0 Å². The summed E-state index contributed by atoms with van der Waals surface area (Å²) in [4.78, 5) is 0. The van der Waals surface area contributed by atoms with E-state index in [-0.39, 0.29) is 0 Å². The van der Waals surface area contributed by atoms with Gasteiger partial charge in [-0.25, -0.2) is 0 Å². The number of aliphatic hydroxyl groups is 8. The molecule has 0 radical (unpaired) electrons. The first-order valence-electron chi connectivity index (χ1n) is 7.08. The predicted octanol–water partition coefficient (Wildman–Crippen LogP) is -5.40. The van der Waals surface area contributed by atoms with Crippen molar-refractivity contribution < 1.29 is 55.1 Å². The minimum atomic E-state index is -1.74. The fourth-order valence-corrected chi connectivity index (χ4v) is 2.57. The lowest BCUT2D eigenvalue weighted by atomic mass is 9.97. The van der Waals surface area contributed by atoms with Crippen LogP contribution in [0, 0.1) is 0 Å². The summed E-state index contributed by atoms with van der Waals surface area (Å²) in [7, 11) is 0. The molecule has 23 heavy (non-hydrogen) atoms. The Labute approximate surface area is 130 Å². The molecule has 11 nitrogen and oxygen atoms in total. The first kappa shape index (κ1) is 18.9. The Morgan fingerprint density at radius 2 is 1.26 bits per heavy atom.